The van der Waals surface area contributed by atoms with Crippen molar-refractivity contribution in [1.29, 1.82) is 0 Å². The first-order chi connectivity index (χ1) is 8.54. The van der Waals surface area contributed by atoms with Crippen LogP contribution >= 0.6 is 12.2 Å². The number of amides is 1. The predicted octanol–water partition coefficient (Wildman–Crippen LogP) is -0.0577. The summed E-state index contributed by atoms with van der Waals surface area (Å²) in [7, 11) is 1.81. The van der Waals surface area contributed by atoms with E-state index in [2.05, 4.69) is 21.0 Å². The minimum Gasteiger partial charge on any atom is -0.363 e. The van der Waals surface area contributed by atoms with Gasteiger partial charge in [0.2, 0.25) is 0 Å². The number of carbonyl (C=O) groups excluding carboxylic acids is 1. The van der Waals surface area contributed by atoms with Gasteiger partial charge >= 0.3 is 0 Å². The first-order valence-electron chi connectivity index (χ1n) is 5.85. The zero-order valence-electron chi connectivity index (χ0n) is 10.9. The van der Waals surface area contributed by atoms with E-state index < -0.39 is 0 Å². The highest BCUT2D eigenvalue weighted by molar-refractivity contribution is 7.80. The minimum atomic E-state index is -0.171. The van der Waals surface area contributed by atoms with Crippen LogP contribution in [0.25, 0.3) is 0 Å². The molecule has 6 nitrogen and oxygen atoms in total. The number of carbonyl (C=O) groups is 1. The largest absolute Gasteiger partial charge is 0.363 e. The van der Waals surface area contributed by atoms with Crippen LogP contribution in [0.4, 0.5) is 0 Å². The maximum absolute atomic E-state index is 11.7. The van der Waals surface area contributed by atoms with E-state index >= 15 is 0 Å². The second-order valence-corrected chi connectivity index (χ2v) is 4.24. The van der Waals surface area contributed by atoms with Crippen molar-refractivity contribution in [1.82, 2.24) is 25.7 Å². The van der Waals surface area contributed by atoms with E-state index in [0.29, 0.717) is 23.9 Å². The van der Waals surface area contributed by atoms with Crippen LogP contribution in [-0.2, 0) is 7.05 Å². The molecule has 0 aliphatic heterocycles. The molecule has 0 unspecified atom stereocenters. The van der Waals surface area contributed by atoms with Gasteiger partial charge in [-0.05, 0) is 32.1 Å². The Morgan fingerprint density at radius 3 is 2.61 bits per heavy atom. The highest BCUT2D eigenvalue weighted by Crippen LogP contribution is 2.00. The fourth-order valence-electron chi connectivity index (χ4n) is 1.34. The number of thiocarbonyl (C=S) groups is 1. The molecule has 0 aliphatic rings. The molecule has 0 aliphatic carbocycles. The van der Waals surface area contributed by atoms with E-state index in [0.717, 1.165) is 12.2 Å². The SMILES string of the molecule is CCNC(=S)NCCNC(=O)c1cc(C)n(C)n1. The second-order valence-electron chi connectivity index (χ2n) is 3.84. The van der Waals surface area contributed by atoms with Gasteiger partial charge in [-0.3, -0.25) is 9.48 Å². The van der Waals surface area contributed by atoms with Gasteiger partial charge < -0.3 is 16.0 Å². The fourth-order valence-corrected chi connectivity index (χ4v) is 1.58. The van der Waals surface area contributed by atoms with E-state index in [1.165, 1.54) is 0 Å². The monoisotopic (exact) mass is 269 g/mol. The smallest absolute Gasteiger partial charge is 0.271 e. The summed E-state index contributed by atoms with van der Waals surface area (Å²) in [5.74, 6) is -0.171. The maximum Gasteiger partial charge on any atom is 0.271 e. The average molecular weight is 269 g/mol. The number of nitrogens with one attached hydrogen (secondary N) is 3. The molecule has 1 aromatic heterocycles. The van der Waals surface area contributed by atoms with Crippen molar-refractivity contribution >= 4 is 23.2 Å². The summed E-state index contributed by atoms with van der Waals surface area (Å²) in [5, 5.41) is 13.4. The number of aryl methyl sites for hydroxylation is 2. The van der Waals surface area contributed by atoms with E-state index in [4.69, 9.17) is 12.2 Å². The molecule has 0 atom stereocenters. The molecule has 1 aromatic rings. The van der Waals surface area contributed by atoms with Crippen LogP contribution in [0, 0.1) is 6.92 Å². The number of rotatable bonds is 5. The van der Waals surface area contributed by atoms with Gasteiger partial charge in [0.15, 0.2) is 5.11 Å². The predicted molar refractivity (Wildman–Crippen MR) is 74.6 cm³/mol. The lowest BCUT2D eigenvalue weighted by atomic mass is 10.3. The van der Waals surface area contributed by atoms with Gasteiger partial charge in [-0.15, -0.1) is 0 Å². The van der Waals surface area contributed by atoms with Crippen molar-refractivity contribution in [3.05, 3.63) is 17.5 Å². The molecule has 1 amide bonds. The van der Waals surface area contributed by atoms with Crippen LogP contribution in [0.3, 0.4) is 0 Å². The number of hydrogen-bond donors (Lipinski definition) is 3. The number of nitrogens with zero attached hydrogens (tertiary/aromatic N) is 2. The van der Waals surface area contributed by atoms with Crippen molar-refractivity contribution in [3.8, 4) is 0 Å². The van der Waals surface area contributed by atoms with Crippen molar-refractivity contribution in [2.24, 2.45) is 7.05 Å². The summed E-state index contributed by atoms with van der Waals surface area (Å²) in [6.45, 7) is 5.74. The molecule has 0 saturated carbocycles. The van der Waals surface area contributed by atoms with Crippen molar-refractivity contribution in [2.75, 3.05) is 19.6 Å². The van der Waals surface area contributed by atoms with Gasteiger partial charge in [-0.1, -0.05) is 0 Å². The van der Waals surface area contributed by atoms with Crippen LogP contribution in [0.1, 0.15) is 23.1 Å². The van der Waals surface area contributed by atoms with Crippen LogP contribution in [0.15, 0.2) is 6.07 Å². The Kier molecular flexibility index (Phi) is 5.57. The van der Waals surface area contributed by atoms with Crippen LogP contribution in [-0.4, -0.2) is 40.4 Å². The molecule has 18 heavy (non-hydrogen) atoms. The second kappa shape index (κ2) is 6.95. The summed E-state index contributed by atoms with van der Waals surface area (Å²) in [4.78, 5) is 11.7. The topological polar surface area (TPSA) is 71.0 Å². The quantitative estimate of drug-likeness (QED) is 0.516. The zero-order chi connectivity index (χ0) is 13.5. The Bertz CT molecular complexity index is 410. The highest BCUT2D eigenvalue weighted by Gasteiger charge is 2.09. The standard InChI is InChI=1S/C11H19N5OS/c1-4-12-11(18)14-6-5-13-10(17)9-7-8(2)16(3)15-9/h7H,4-6H2,1-3H3,(H,13,17)(H2,12,14,18). The third kappa shape index (κ3) is 4.33. The molecule has 0 saturated heterocycles. The Balaban J connectivity index is 2.27. The molecule has 1 heterocycles. The third-order valence-corrected chi connectivity index (χ3v) is 2.67. The summed E-state index contributed by atoms with van der Waals surface area (Å²) < 4.78 is 1.67. The number of aromatic nitrogens is 2. The normalized spacial score (nSPS) is 9.94. The Hall–Kier alpha value is -1.63. The van der Waals surface area contributed by atoms with Crippen LogP contribution < -0.4 is 16.0 Å². The van der Waals surface area contributed by atoms with Crippen molar-refractivity contribution in [3.63, 3.8) is 0 Å². The summed E-state index contributed by atoms with van der Waals surface area (Å²) in [6, 6.07) is 1.76. The third-order valence-electron chi connectivity index (χ3n) is 2.38. The van der Waals surface area contributed by atoms with E-state index in [9.17, 15) is 4.79 Å². The first kappa shape index (κ1) is 14.4. The molecule has 100 valence electrons. The van der Waals surface area contributed by atoms with Crippen molar-refractivity contribution in [2.45, 2.75) is 13.8 Å². The van der Waals surface area contributed by atoms with Crippen LogP contribution in [0.5, 0.6) is 0 Å². The molecule has 0 spiro atoms. The molecule has 7 heteroatoms. The molecular formula is C11H19N5OS. The lowest BCUT2D eigenvalue weighted by molar-refractivity contribution is 0.0948. The molecule has 0 radical (unpaired) electrons. The fraction of sp³-hybridized carbons (Fsp3) is 0.545. The van der Waals surface area contributed by atoms with Gasteiger partial charge in [-0.2, -0.15) is 5.10 Å². The summed E-state index contributed by atoms with van der Waals surface area (Å²) in [6.07, 6.45) is 0. The Labute approximate surface area is 112 Å². The van der Waals surface area contributed by atoms with Gasteiger partial charge in [0.1, 0.15) is 5.69 Å². The zero-order valence-corrected chi connectivity index (χ0v) is 11.7. The Morgan fingerprint density at radius 1 is 1.39 bits per heavy atom. The Morgan fingerprint density at radius 2 is 2.06 bits per heavy atom. The molecule has 0 aromatic carbocycles. The van der Waals surface area contributed by atoms with E-state index in [1.807, 2.05) is 20.9 Å². The molecule has 0 bridgehead atoms. The molecular weight excluding hydrogens is 250 g/mol. The summed E-state index contributed by atoms with van der Waals surface area (Å²) in [5.41, 5.74) is 1.39. The van der Waals surface area contributed by atoms with Gasteiger partial charge in [0, 0.05) is 32.4 Å². The van der Waals surface area contributed by atoms with Crippen LogP contribution in [0.2, 0.25) is 0 Å². The lowest BCUT2D eigenvalue weighted by Gasteiger charge is -2.08. The minimum absolute atomic E-state index is 0.171. The number of hydrogen-bond acceptors (Lipinski definition) is 3. The summed E-state index contributed by atoms with van der Waals surface area (Å²) >= 11 is 5.00. The van der Waals surface area contributed by atoms with E-state index in [1.54, 1.807) is 10.7 Å². The first-order valence-corrected chi connectivity index (χ1v) is 6.26. The van der Waals surface area contributed by atoms with Gasteiger partial charge in [0.05, 0.1) is 0 Å². The van der Waals surface area contributed by atoms with Crippen molar-refractivity contribution < 1.29 is 4.79 Å². The van der Waals surface area contributed by atoms with Gasteiger partial charge in [-0.25, -0.2) is 0 Å². The average Bonchev–Trinajstić information content (AvgIpc) is 2.65. The lowest BCUT2D eigenvalue weighted by Crippen LogP contribution is -2.40. The highest BCUT2D eigenvalue weighted by atomic mass is 32.1. The molecule has 3 N–H and O–H groups in total. The van der Waals surface area contributed by atoms with E-state index in [-0.39, 0.29) is 5.91 Å². The maximum atomic E-state index is 11.7. The van der Waals surface area contributed by atoms with Gasteiger partial charge in [0.25, 0.3) is 5.91 Å². The molecule has 1 rings (SSSR count). The molecule has 0 fully saturated rings.